The van der Waals surface area contributed by atoms with E-state index in [4.69, 9.17) is 4.74 Å². The Labute approximate surface area is 174 Å². The molecular weight excluding hydrogens is 382 g/mol. The van der Waals surface area contributed by atoms with E-state index in [0.29, 0.717) is 26.0 Å². The van der Waals surface area contributed by atoms with Crippen molar-refractivity contribution in [3.05, 3.63) is 71.1 Å². The lowest BCUT2D eigenvalue weighted by Crippen LogP contribution is -2.35. The molecular formula is C24H23NO3S. The second kappa shape index (κ2) is 8.21. The maximum absolute atomic E-state index is 12.2. The molecule has 1 aromatic heterocycles. The van der Waals surface area contributed by atoms with E-state index in [1.807, 2.05) is 35.2 Å². The first-order valence-corrected chi connectivity index (χ1v) is 10.5. The summed E-state index contributed by atoms with van der Waals surface area (Å²) in [6, 6.07) is 16.1. The van der Waals surface area contributed by atoms with Crippen LogP contribution in [0.25, 0.3) is 15.8 Å². The zero-order chi connectivity index (χ0) is 20.4. The second-order valence-corrected chi connectivity index (χ2v) is 8.43. The van der Waals surface area contributed by atoms with Crippen LogP contribution >= 0.6 is 11.3 Å². The van der Waals surface area contributed by atoms with Crippen molar-refractivity contribution in [1.29, 1.82) is 0 Å². The van der Waals surface area contributed by atoms with Crippen molar-refractivity contribution in [3.8, 4) is 5.75 Å². The number of hydrogen-bond donors (Lipinski definition) is 0. The van der Waals surface area contributed by atoms with Gasteiger partial charge in [-0.2, -0.15) is 0 Å². The van der Waals surface area contributed by atoms with Gasteiger partial charge < -0.3 is 14.4 Å². The Morgan fingerprint density at radius 1 is 1.28 bits per heavy atom. The summed E-state index contributed by atoms with van der Waals surface area (Å²) >= 11 is 1.74. The minimum Gasteiger partial charge on any atom is -0.488 e. The van der Waals surface area contributed by atoms with Crippen molar-refractivity contribution in [2.75, 3.05) is 0 Å². The molecule has 0 N–H and O–H groups in total. The summed E-state index contributed by atoms with van der Waals surface area (Å²) in [5, 5.41) is 1.23. The molecule has 0 bridgehead atoms. The Bertz CT molecular complexity index is 1050. The van der Waals surface area contributed by atoms with E-state index in [2.05, 4.69) is 24.8 Å². The topological polar surface area (TPSA) is 46.6 Å². The van der Waals surface area contributed by atoms with Crippen LogP contribution in [-0.2, 0) is 22.7 Å². The number of thiophene rings is 1. The lowest BCUT2D eigenvalue weighted by Gasteiger charge is -2.28. The van der Waals surface area contributed by atoms with E-state index in [9.17, 15) is 9.59 Å². The Morgan fingerprint density at radius 3 is 2.86 bits per heavy atom. The van der Waals surface area contributed by atoms with E-state index in [-0.39, 0.29) is 11.8 Å². The van der Waals surface area contributed by atoms with Crippen molar-refractivity contribution in [2.45, 2.75) is 39.0 Å². The quantitative estimate of drug-likeness (QED) is 0.483. The molecule has 4 nitrogen and oxygen atoms in total. The van der Waals surface area contributed by atoms with Crippen LogP contribution in [0.15, 0.2) is 55.1 Å². The van der Waals surface area contributed by atoms with Gasteiger partial charge in [-0.1, -0.05) is 36.9 Å². The first-order valence-electron chi connectivity index (χ1n) is 9.70. The minimum atomic E-state index is -0.337. The Morgan fingerprint density at radius 2 is 2.10 bits per heavy atom. The number of rotatable bonds is 8. The van der Waals surface area contributed by atoms with Crippen LogP contribution in [0.5, 0.6) is 5.75 Å². The van der Waals surface area contributed by atoms with Gasteiger partial charge in [-0.25, -0.2) is 0 Å². The third-order valence-corrected chi connectivity index (χ3v) is 6.46. The molecule has 3 aromatic rings. The fourth-order valence-corrected chi connectivity index (χ4v) is 4.89. The Balaban J connectivity index is 1.54. The van der Waals surface area contributed by atoms with E-state index >= 15 is 0 Å². The highest BCUT2D eigenvalue weighted by Gasteiger charge is 2.32. The van der Waals surface area contributed by atoms with E-state index < -0.39 is 0 Å². The predicted molar refractivity (Wildman–Crippen MR) is 117 cm³/mol. The van der Waals surface area contributed by atoms with Crippen molar-refractivity contribution in [3.63, 3.8) is 0 Å². The van der Waals surface area contributed by atoms with Gasteiger partial charge >= 0.3 is 0 Å². The van der Waals surface area contributed by atoms with Gasteiger partial charge in [-0.15, -0.1) is 11.3 Å². The molecule has 0 saturated heterocycles. The minimum absolute atomic E-state index is 0.0496. The first kappa shape index (κ1) is 19.4. The molecule has 5 heteroatoms. The molecule has 4 rings (SSSR count). The fourth-order valence-electron chi connectivity index (χ4n) is 3.91. The number of fused-ring (bicyclic) bond motifs is 2. The van der Waals surface area contributed by atoms with Crippen molar-refractivity contribution < 1.29 is 14.3 Å². The van der Waals surface area contributed by atoms with Crippen LogP contribution in [0.1, 0.15) is 35.8 Å². The monoisotopic (exact) mass is 405 g/mol. The van der Waals surface area contributed by atoms with Gasteiger partial charge in [0.2, 0.25) is 0 Å². The maximum Gasteiger partial charge on any atom is 0.152 e. The molecule has 0 saturated carbocycles. The summed E-state index contributed by atoms with van der Waals surface area (Å²) in [6.07, 6.45) is 1.73. The number of aldehydes is 1. The molecule has 0 spiro atoms. The first-order chi connectivity index (χ1) is 14.1. The van der Waals surface area contributed by atoms with Gasteiger partial charge in [0.15, 0.2) is 5.78 Å². The van der Waals surface area contributed by atoms with Crippen LogP contribution in [-0.4, -0.2) is 23.0 Å². The lowest BCUT2D eigenvalue weighted by molar-refractivity contribution is -0.121. The Hall–Kier alpha value is -2.92. The van der Waals surface area contributed by atoms with Crippen LogP contribution in [0, 0.1) is 0 Å². The summed E-state index contributed by atoms with van der Waals surface area (Å²) in [6.45, 7) is 6.86. The van der Waals surface area contributed by atoms with Crippen molar-refractivity contribution in [2.24, 2.45) is 0 Å². The highest BCUT2D eigenvalue weighted by molar-refractivity contribution is 7.19. The van der Waals surface area contributed by atoms with Gasteiger partial charge in [0.1, 0.15) is 18.6 Å². The molecule has 1 unspecified atom stereocenters. The normalized spacial score (nSPS) is 14.1. The van der Waals surface area contributed by atoms with Gasteiger partial charge in [0.05, 0.1) is 6.04 Å². The molecule has 2 heterocycles. The standard InChI is InChI=1S/C24H23NO3S/c1-16-20-8-5-10-23(21(20)14-25(16)22(17(2)27)9-6-12-26)28-15-19-13-18-7-3-4-11-24(18)29-19/h3-5,7-8,10-13,22H,1,6,9,14-15H2,2H3. The van der Waals surface area contributed by atoms with Gasteiger partial charge in [-0.3, -0.25) is 4.79 Å². The van der Waals surface area contributed by atoms with Crippen LogP contribution < -0.4 is 4.74 Å². The molecule has 1 atom stereocenters. The second-order valence-electron chi connectivity index (χ2n) is 7.27. The lowest BCUT2D eigenvalue weighted by atomic mass is 10.1. The molecule has 148 valence electrons. The zero-order valence-electron chi connectivity index (χ0n) is 16.4. The number of carbonyl (C=O) groups excluding carboxylic acids is 2. The smallest absolute Gasteiger partial charge is 0.152 e. The number of nitrogens with zero attached hydrogens (tertiary/aromatic N) is 1. The van der Waals surface area contributed by atoms with E-state index in [0.717, 1.165) is 28.9 Å². The van der Waals surface area contributed by atoms with Crippen molar-refractivity contribution in [1.82, 2.24) is 4.90 Å². The van der Waals surface area contributed by atoms with Gasteiger partial charge in [0, 0.05) is 39.4 Å². The van der Waals surface area contributed by atoms with Crippen LogP contribution in [0.3, 0.4) is 0 Å². The van der Waals surface area contributed by atoms with Gasteiger partial charge in [-0.05, 0) is 36.9 Å². The number of carbonyl (C=O) groups is 2. The van der Waals surface area contributed by atoms with E-state index in [1.165, 1.54) is 15.0 Å². The molecule has 0 radical (unpaired) electrons. The largest absolute Gasteiger partial charge is 0.488 e. The maximum atomic E-state index is 12.2. The van der Waals surface area contributed by atoms with Crippen molar-refractivity contribution >= 4 is 39.2 Å². The number of ketones is 1. The summed E-state index contributed by atoms with van der Waals surface area (Å²) in [5.41, 5.74) is 2.88. The highest BCUT2D eigenvalue weighted by atomic mass is 32.1. The Kier molecular flexibility index (Phi) is 5.49. The molecule has 1 aliphatic heterocycles. The molecule has 0 fully saturated rings. The van der Waals surface area contributed by atoms with Crippen LogP contribution in [0.4, 0.5) is 0 Å². The molecule has 29 heavy (non-hydrogen) atoms. The molecule has 1 aliphatic rings. The summed E-state index contributed by atoms with van der Waals surface area (Å²) < 4.78 is 7.44. The van der Waals surface area contributed by atoms with E-state index in [1.54, 1.807) is 18.3 Å². The molecule has 0 aliphatic carbocycles. The predicted octanol–water partition coefficient (Wildman–Crippen LogP) is 5.20. The average Bonchev–Trinajstić information content (AvgIpc) is 3.28. The number of benzene rings is 2. The van der Waals surface area contributed by atoms with Gasteiger partial charge in [0.25, 0.3) is 0 Å². The highest BCUT2D eigenvalue weighted by Crippen LogP contribution is 2.39. The summed E-state index contributed by atoms with van der Waals surface area (Å²) in [4.78, 5) is 26.2. The molecule has 0 amide bonds. The SMILES string of the molecule is C=C1c2cccc(OCc3cc4ccccc4s3)c2CN1C(CCC=O)C(C)=O. The fraction of sp³-hybridized carbons (Fsp3) is 0.250. The third kappa shape index (κ3) is 3.83. The van der Waals surface area contributed by atoms with Crippen LogP contribution in [0.2, 0.25) is 0 Å². The summed E-state index contributed by atoms with van der Waals surface area (Å²) in [7, 11) is 0. The zero-order valence-corrected chi connectivity index (χ0v) is 17.2. The number of ether oxygens (including phenoxy) is 1. The summed E-state index contributed by atoms with van der Waals surface area (Å²) in [5.74, 6) is 0.870. The number of hydrogen-bond acceptors (Lipinski definition) is 5. The number of Topliss-reactive ketones (excluding diaryl/α,β-unsaturated/α-hetero) is 1. The average molecular weight is 406 g/mol. The molecule has 2 aromatic carbocycles. The third-order valence-electron chi connectivity index (χ3n) is 5.37.